The van der Waals surface area contributed by atoms with Gasteiger partial charge < -0.3 is 4.57 Å². The second-order valence-electron chi connectivity index (χ2n) is 15.1. The van der Waals surface area contributed by atoms with E-state index in [-0.39, 0.29) is 17.9 Å². The first-order valence-electron chi connectivity index (χ1n) is 19.8. The normalized spacial score (nSPS) is 18.3. The van der Waals surface area contributed by atoms with Gasteiger partial charge in [-0.3, -0.25) is 4.98 Å². The van der Waals surface area contributed by atoms with Crippen molar-refractivity contribution >= 4 is 27.5 Å². The second kappa shape index (κ2) is 13.8. The summed E-state index contributed by atoms with van der Waals surface area (Å²) in [5, 5.41) is 2.37. The summed E-state index contributed by atoms with van der Waals surface area (Å²) in [6.45, 7) is 0. The van der Waals surface area contributed by atoms with Gasteiger partial charge in [0.05, 0.1) is 28.6 Å². The number of fused-ring (bicyclic) bond motifs is 5. The summed E-state index contributed by atoms with van der Waals surface area (Å²) < 4.78 is 2.37. The number of allylic oxidation sites excluding steroid dienone is 9. The van der Waals surface area contributed by atoms with E-state index in [1.807, 2.05) is 18.5 Å². The molecule has 0 saturated carbocycles. The minimum absolute atomic E-state index is 0.211. The maximum absolute atomic E-state index is 5.22. The van der Waals surface area contributed by atoms with Gasteiger partial charge in [0.2, 0.25) is 0 Å². The van der Waals surface area contributed by atoms with Crippen molar-refractivity contribution < 1.29 is 0 Å². The van der Waals surface area contributed by atoms with E-state index < -0.39 is 0 Å². The molecule has 4 nitrogen and oxygen atoms in total. The van der Waals surface area contributed by atoms with Gasteiger partial charge in [-0.05, 0) is 93.9 Å². The number of pyridine rings is 3. The van der Waals surface area contributed by atoms with Gasteiger partial charge in [0, 0.05) is 46.1 Å². The van der Waals surface area contributed by atoms with E-state index >= 15 is 0 Å². The summed E-state index contributed by atoms with van der Waals surface area (Å²) >= 11 is 0. The lowest BCUT2D eigenvalue weighted by Gasteiger charge is -2.37. The molecule has 4 heterocycles. The molecular weight excluding hydrogens is 693 g/mol. The van der Waals surface area contributed by atoms with Gasteiger partial charge in [0.25, 0.3) is 0 Å². The Morgan fingerprint density at radius 2 is 1.39 bits per heavy atom. The molecule has 270 valence electrons. The molecule has 0 bridgehead atoms. The predicted molar refractivity (Wildman–Crippen MR) is 234 cm³/mol. The number of aromatic nitrogens is 4. The number of rotatable bonds is 6. The Bertz CT molecular complexity index is 2980. The summed E-state index contributed by atoms with van der Waals surface area (Å²) in [6, 6.07) is 50.4. The fourth-order valence-corrected chi connectivity index (χ4v) is 9.23. The molecule has 0 radical (unpaired) electrons. The summed E-state index contributed by atoms with van der Waals surface area (Å²) in [5.41, 5.74) is 15.9. The number of nitrogens with zero attached hydrogens (tertiary/aromatic N) is 4. The monoisotopic (exact) mass is 730 g/mol. The Kier molecular flexibility index (Phi) is 8.06. The first-order valence-corrected chi connectivity index (χ1v) is 19.8. The van der Waals surface area contributed by atoms with E-state index in [9.17, 15) is 0 Å². The van der Waals surface area contributed by atoms with Crippen LogP contribution < -0.4 is 0 Å². The lowest BCUT2D eigenvalue weighted by molar-refractivity contribution is 0.643. The van der Waals surface area contributed by atoms with Crippen LogP contribution in [-0.2, 0) is 0 Å². The minimum Gasteiger partial charge on any atom is -0.318 e. The highest BCUT2D eigenvalue weighted by molar-refractivity contribution is 6.08. The highest BCUT2D eigenvalue weighted by atomic mass is 15.1. The average molecular weight is 731 g/mol. The van der Waals surface area contributed by atoms with Crippen molar-refractivity contribution in [3.63, 3.8) is 0 Å². The van der Waals surface area contributed by atoms with Crippen molar-refractivity contribution in [2.45, 2.75) is 18.4 Å². The van der Waals surface area contributed by atoms with E-state index in [0.29, 0.717) is 0 Å². The van der Waals surface area contributed by atoms with E-state index in [4.69, 9.17) is 15.0 Å². The standard InChI is InChI=1S/C53H38N4/c1-4-14-35(15-5-1)51-41-20-10-11-21-42(41)52(36-16-6-2-7-17-36)46-33-38(25-28-43(46)51)47-23-12-24-49(56-47)48-29-26-39(34-55-48)37-27-30-50-45(32-37)44-22-13-31-54-53(44)57(50)40-18-8-3-9-19-40/h1-18,20-34,40-41,51H,19H2. The Balaban J connectivity index is 0.955. The molecule has 4 aromatic carbocycles. The van der Waals surface area contributed by atoms with Crippen LogP contribution in [0, 0.1) is 5.92 Å². The van der Waals surface area contributed by atoms with Gasteiger partial charge in [0.15, 0.2) is 0 Å². The zero-order valence-electron chi connectivity index (χ0n) is 31.3. The van der Waals surface area contributed by atoms with Crippen LogP contribution in [0.2, 0.25) is 0 Å². The fraction of sp³-hybridized carbons (Fsp3) is 0.0755. The molecule has 4 heteroatoms. The molecule has 4 aromatic heterocycles. The number of benzene rings is 4. The molecule has 3 unspecified atom stereocenters. The highest BCUT2D eigenvalue weighted by Gasteiger charge is 2.35. The van der Waals surface area contributed by atoms with Crippen LogP contribution in [0.4, 0.5) is 0 Å². The minimum atomic E-state index is 0.211. The Morgan fingerprint density at radius 1 is 0.561 bits per heavy atom. The van der Waals surface area contributed by atoms with Gasteiger partial charge in [-0.15, -0.1) is 0 Å². The van der Waals surface area contributed by atoms with Gasteiger partial charge in [0.1, 0.15) is 5.65 Å². The number of hydrogen-bond acceptors (Lipinski definition) is 3. The molecule has 0 saturated heterocycles. The molecule has 11 rings (SSSR count). The van der Waals surface area contributed by atoms with Crippen molar-refractivity contribution in [3.05, 3.63) is 228 Å². The lowest BCUT2D eigenvalue weighted by Crippen LogP contribution is -2.23. The molecule has 3 aliphatic carbocycles. The van der Waals surface area contributed by atoms with Crippen LogP contribution in [0.1, 0.15) is 40.6 Å². The largest absolute Gasteiger partial charge is 0.318 e. The SMILES string of the molecule is C1=CCC(n2c3ccc(-c4ccc(-c5cccc(-c6ccc7c(c6)C(c6ccccc6)=C6C=CC=CC6C7c6ccccc6)n5)nc4)cc3c3cccnc32)C=C1. The van der Waals surface area contributed by atoms with Crippen LogP contribution >= 0.6 is 0 Å². The maximum Gasteiger partial charge on any atom is 0.141 e. The van der Waals surface area contributed by atoms with E-state index in [2.05, 4.69) is 187 Å². The van der Waals surface area contributed by atoms with E-state index in [1.54, 1.807) is 0 Å². The van der Waals surface area contributed by atoms with Crippen molar-refractivity contribution in [2.24, 2.45) is 5.92 Å². The van der Waals surface area contributed by atoms with Crippen LogP contribution in [0.5, 0.6) is 0 Å². The fourth-order valence-electron chi connectivity index (χ4n) is 9.23. The molecule has 3 atom stereocenters. The van der Waals surface area contributed by atoms with Crippen LogP contribution in [0.15, 0.2) is 206 Å². The van der Waals surface area contributed by atoms with Crippen LogP contribution in [-0.4, -0.2) is 19.5 Å². The second-order valence-corrected chi connectivity index (χ2v) is 15.1. The van der Waals surface area contributed by atoms with Gasteiger partial charge in [-0.1, -0.05) is 140 Å². The first kappa shape index (κ1) is 33.2. The smallest absolute Gasteiger partial charge is 0.141 e. The molecule has 0 amide bonds. The molecule has 8 aromatic rings. The van der Waals surface area contributed by atoms with Gasteiger partial charge in [-0.2, -0.15) is 0 Å². The van der Waals surface area contributed by atoms with Crippen molar-refractivity contribution in [2.75, 3.05) is 0 Å². The third kappa shape index (κ3) is 5.72. The molecule has 0 spiro atoms. The van der Waals surface area contributed by atoms with Crippen molar-refractivity contribution in [1.82, 2.24) is 19.5 Å². The van der Waals surface area contributed by atoms with E-state index in [1.165, 1.54) is 49.7 Å². The summed E-state index contributed by atoms with van der Waals surface area (Å²) in [6.07, 6.45) is 22.6. The first-order chi connectivity index (χ1) is 28.3. The lowest BCUT2D eigenvalue weighted by atomic mass is 9.66. The maximum atomic E-state index is 5.22. The third-order valence-electron chi connectivity index (χ3n) is 11.8. The molecule has 0 aliphatic heterocycles. The van der Waals surface area contributed by atoms with Crippen molar-refractivity contribution in [1.29, 1.82) is 0 Å². The molecule has 0 N–H and O–H groups in total. The highest BCUT2D eigenvalue weighted by Crippen LogP contribution is 2.51. The topological polar surface area (TPSA) is 43.6 Å². The van der Waals surface area contributed by atoms with Gasteiger partial charge in [-0.25, -0.2) is 9.97 Å². The predicted octanol–water partition coefficient (Wildman–Crippen LogP) is 12.7. The van der Waals surface area contributed by atoms with Crippen LogP contribution in [0.3, 0.4) is 0 Å². The summed E-state index contributed by atoms with van der Waals surface area (Å²) in [4.78, 5) is 15.0. The Labute approximate surface area is 332 Å². The molecule has 0 fully saturated rings. The molecule has 3 aliphatic rings. The zero-order valence-corrected chi connectivity index (χ0v) is 31.3. The van der Waals surface area contributed by atoms with Gasteiger partial charge >= 0.3 is 0 Å². The average Bonchev–Trinajstić information content (AvgIpc) is 3.62. The summed E-state index contributed by atoms with van der Waals surface area (Å²) in [5.74, 6) is 0.459. The Morgan fingerprint density at radius 3 is 2.23 bits per heavy atom. The van der Waals surface area contributed by atoms with Crippen LogP contribution in [0.25, 0.3) is 61.3 Å². The quantitative estimate of drug-likeness (QED) is 0.171. The summed E-state index contributed by atoms with van der Waals surface area (Å²) in [7, 11) is 0. The molecule has 57 heavy (non-hydrogen) atoms. The van der Waals surface area contributed by atoms with E-state index in [0.717, 1.165) is 45.8 Å². The zero-order chi connectivity index (χ0) is 37.7. The number of hydrogen-bond donors (Lipinski definition) is 0. The van der Waals surface area contributed by atoms with Crippen molar-refractivity contribution in [3.8, 4) is 33.8 Å². The molecular formula is C53H38N4. The third-order valence-corrected chi connectivity index (χ3v) is 11.8. The Hall–Kier alpha value is -7.17.